The van der Waals surface area contributed by atoms with Crippen molar-refractivity contribution < 1.29 is 14.4 Å². The van der Waals surface area contributed by atoms with Crippen LogP contribution >= 0.6 is 0 Å². The molecule has 1 heterocycles. The topological polar surface area (TPSA) is 78.5 Å². The second kappa shape index (κ2) is 7.46. The first kappa shape index (κ1) is 18.2. The Morgan fingerprint density at radius 1 is 0.929 bits per heavy atom. The van der Waals surface area contributed by atoms with Crippen LogP contribution in [0.15, 0.2) is 54.6 Å². The highest BCUT2D eigenvalue weighted by Gasteiger charge is 2.47. The molecule has 3 unspecified atom stereocenters. The van der Waals surface area contributed by atoms with Crippen molar-refractivity contribution in [2.45, 2.75) is 31.8 Å². The molecule has 0 spiro atoms. The van der Waals surface area contributed by atoms with Crippen LogP contribution in [0.4, 0.5) is 10.5 Å². The van der Waals surface area contributed by atoms with Gasteiger partial charge in [-0.2, -0.15) is 0 Å². The van der Waals surface area contributed by atoms with E-state index in [1.54, 1.807) is 36.4 Å². The zero-order valence-electron chi connectivity index (χ0n) is 15.7. The highest BCUT2D eigenvalue weighted by Crippen LogP contribution is 2.38. The van der Waals surface area contributed by atoms with Crippen LogP contribution in [0.3, 0.4) is 0 Å². The van der Waals surface area contributed by atoms with Crippen LogP contribution in [0.2, 0.25) is 0 Å². The summed E-state index contributed by atoms with van der Waals surface area (Å²) in [6.07, 6.45) is 1.82. The van der Waals surface area contributed by atoms with Crippen LogP contribution < -0.4 is 10.6 Å². The Morgan fingerprint density at radius 2 is 1.64 bits per heavy atom. The summed E-state index contributed by atoms with van der Waals surface area (Å²) in [5.41, 5.74) is 1.90. The first-order chi connectivity index (χ1) is 13.5. The molecule has 2 aliphatic rings. The van der Waals surface area contributed by atoms with E-state index in [4.69, 9.17) is 0 Å². The van der Waals surface area contributed by atoms with Gasteiger partial charge in [0, 0.05) is 29.4 Å². The van der Waals surface area contributed by atoms with Crippen molar-refractivity contribution in [3.63, 3.8) is 0 Å². The Morgan fingerprint density at radius 3 is 2.29 bits per heavy atom. The number of Topliss-reactive ketones (excluding diaryl/α,β-unsaturated/α-hetero) is 1. The minimum atomic E-state index is -0.165. The van der Waals surface area contributed by atoms with E-state index in [0.29, 0.717) is 29.3 Å². The van der Waals surface area contributed by atoms with E-state index in [0.717, 1.165) is 12.8 Å². The van der Waals surface area contributed by atoms with Crippen molar-refractivity contribution in [1.29, 1.82) is 0 Å². The average Bonchev–Trinajstić information content (AvgIpc) is 3.29. The molecule has 2 N–H and O–H groups in total. The van der Waals surface area contributed by atoms with Crippen molar-refractivity contribution in [1.82, 2.24) is 10.2 Å². The zero-order chi connectivity index (χ0) is 19.7. The number of ketones is 1. The van der Waals surface area contributed by atoms with E-state index in [1.807, 2.05) is 23.1 Å². The smallest absolute Gasteiger partial charge is 0.322 e. The van der Waals surface area contributed by atoms with Gasteiger partial charge in [-0.05, 0) is 62.1 Å². The number of fused-ring (bicyclic) bond motifs is 2. The second-order valence-corrected chi connectivity index (χ2v) is 7.57. The fourth-order valence-corrected chi connectivity index (χ4v) is 4.24. The van der Waals surface area contributed by atoms with Crippen molar-refractivity contribution in [3.8, 4) is 0 Å². The molecule has 2 aromatic carbocycles. The van der Waals surface area contributed by atoms with Gasteiger partial charge < -0.3 is 15.5 Å². The molecule has 1 aliphatic carbocycles. The highest BCUT2D eigenvalue weighted by atomic mass is 16.2. The molecule has 0 aromatic heterocycles. The first-order valence-corrected chi connectivity index (χ1v) is 9.56. The van der Waals surface area contributed by atoms with Gasteiger partial charge in [-0.15, -0.1) is 0 Å². The number of urea groups is 1. The number of rotatable bonds is 4. The monoisotopic (exact) mass is 377 g/mol. The van der Waals surface area contributed by atoms with Gasteiger partial charge in [-0.25, -0.2) is 4.79 Å². The molecule has 0 radical (unpaired) electrons. The lowest BCUT2D eigenvalue weighted by Gasteiger charge is -2.33. The van der Waals surface area contributed by atoms with Gasteiger partial charge in [0.25, 0.3) is 5.91 Å². The van der Waals surface area contributed by atoms with Crippen molar-refractivity contribution in [3.05, 3.63) is 65.7 Å². The number of carbonyl (C=O) groups excluding carboxylic acids is 3. The largest absolute Gasteiger partial charge is 0.347 e. The van der Waals surface area contributed by atoms with Gasteiger partial charge in [0.2, 0.25) is 0 Å². The zero-order valence-corrected chi connectivity index (χ0v) is 15.7. The van der Waals surface area contributed by atoms with Crippen molar-refractivity contribution in [2.75, 3.05) is 11.9 Å². The van der Waals surface area contributed by atoms with E-state index in [-0.39, 0.29) is 29.8 Å². The minimum absolute atomic E-state index is 0.00766. The molecule has 144 valence electrons. The lowest BCUT2D eigenvalue weighted by molar-refractivity contribution is 0.0905. The number of amides is 3. The van der Waals surface area contributed by atoms with Gasteiger partial charge in [-0.1, -0.05) is 18.2 Å². The van der Waals surface area contributed by atoms with Gasteiger partial charge in [0.1, 0.15) is 0 Å². The summed E-state index contributed by atoms with van der Waals surface area (Å²) in [4.78, 5) is 38.4. The summed E-state index contributed by atoms with van der Waals surface area (Å²) in [5.74, 6) is 0.307. The third-order valence-electron chi connectivity index (χ3n) is 5.64. The van der Waals surface area contributed by atoms with Crippen LogP contribution in [0.1, 0.15) is 40.5 Å². The number of hydrogen-bond acceptors (Lipinski definition) is 3. The van der Waals surface area contributed by atoms with Gasteiger partial charge in [0.15, 0.2) is 5.78 Å². The lowest BCUT2D eigenvalue weighted by Crippen LogP contribution is -2.53. The van der Waals surface area contributed by atoms with Crippen LogP contribution in [-0.2, 0) is 0 Å². The van der Waals surface area contributed by atoms with E-state index < -0.39 is 0 Å². The Balaban J connectivity index is 1.39. The standard InChI is InChI=1S/C22H23N3O3/c1-14(26)16-7-9-18(10-8-16)23-22(28)25-13-15-11-19(20(25)12-15)24-21(27)17-5-3-2-4-6-17/h2-10,15,19-20H,11-13H2,1H3,(H,23,28)(H,24,27). The summed E-state index contributed by atoms with van der Waals surface area (Å²) in [7, 11) is 0. The molecule has 1 saturated heterocycles. The predicted octanol–water partition coefficient (Wildman–Crippen LogP) is 3.31. The SMILES string of the molecule is CC(=O)c1ccc(NC(=O)N2CC3CC(NC(=O)c4ccccc4)C2C3)cc1. The molecule has 6 nitrogen and oxygen atoms in total. The van der Waals surface area contributed by atoms with Gasteiger partial charge in [0.05, 0.1) is 6.04 Å². The number of benzene rings is 2. The molecule has 1 saturated carbocycles. The van der Waals surface area contributed by atoms with Crippen LogP contribution in [-0.4, -0.2) is 41.2 Å². The third-order valence-corrected chi connectivity index (χ3v) is 5.64. The molecule has 2 aromatic rings. The molecule has 2 bridgehead atoms. The number of nitrogens with zero attached hydrogens (tertiary/aromatic N) is 1. The normalized spacial score (nSPS) is 22.8. The number of nitrogens with one attached hydrogen (secondary N) is 2. The Kier molecular flexibility index (Phi) is 4.86. The maximum atomic E-state index is 12.8. The maximum Gasteiger partial charge on any atom is 0.322 e. The van der Waals surface area contributed by atoms with Gasteiger partial charge >= 0.3 is 6.03 Å². The summed E-state index contributed by atoms with van der Waals surface area (Å²) < 4.78 is 0. The number of likely N-dealkylation sites (tertiary alicyclic amines) is 1. The molecule has 3 amide bonds. The Labute approximate surface area is 163 Å². The maximum absolute atomic E-state index is 12.8. The van der Waals surface area contributed by atoms with Crippen LogP contribution in [0.5, 0.6) is 0 Å². The van der Waals surface area contributed by atoms with Crippen molar-refractivity contribution in [2.24, 2.45) is 5.92 Å². The summed E-state index contributed by atoms with van der Waals surface area (Å²) >= 11 is 0. The molecule has 1 aliphatic heterocycles. The van der Waals surface area contributed by atoms with E-state index >= 15 is 0 Å². The fraction of sp³-hybridized carbons (Fsp3) is 0.318. The summed E-state index contributed by atoms with van der Waals surface area (Å²) in [5, 5.41) is 6.00. The van der Waals surface area contributed by atoms with Crippen LogP contribution in [0, 0.1) is 5.92 Å². The fourth-order valence-electron chi connectivity index (χ4n) is 4.24. The number of carbonyl (C=O) groups is 3. The van der Waals surface area contributed by atoms with Gasteiger partial charge in [-0.3, -0.25) is 9.59 Å². The summed E-state index contributed by atoms with van der Waals surface area (Å²) in [6, 6.07) is 15.8. The molecule has 28 heavy (non-hydrogen) atoms. The summed E-state index contributed by atoms with van der Waals surface area (Å²) in [6.45, 7) is 2.22. The van der Waals surface area contributed by atoms with E-state index in [2.05, 4.69) is 10.6 Å². The highest BCUT2D eigenvalue weighted by molar-refractivity contribution is 5.96. The van der Waals surface area contributed by atoms with Crippen molar-refractivity contribution >= 4 is 23.4 Å². The van der Waals surface area contributed by atoms with E-state index in [1.165, 1.54) is 6.92 Å². The first-order valence-electron chi connectivity index (χ1n) is 9.56. The molecular formula is C22H23N3O3. The predicted molar refractivity (Wildman–Crippen MR) is 106 cm³/mol. The molecule has 2 fully saturated rings. The van der Waals surface area contributed by atoms with Crippen LogP contribution in [0.25, 0.3) is 0 Å². The Hall–Kier alpha value is -3.15. The second-order valence-electron chi connectivity index (χ2n) is 7.57. The molecule has 6 heteroatoms. The Bertz CT molecular complexity index is 895. The number of hydrogen-bond donors (Lipinski definition) is 2. The quantitative estimate of drug-likeness (QED) is 0.803. The van der Waals surface area contributed by atoms with E-state index in [9.17, 15) is 14.4 Å². The minimum Gasteiger partial charge on any atom is -0.347 e. The number of piperidine rings is 1. The molecule has 3 atom stereocenters. The molecular weight excluding hydrogens is 354 g/mol. The molecule has 4 rings (SSSR count). The average molecular weight is 377 g/mol. The third kappa shape index (κ3) is 3.63. The number of anilines is 1. The lowest BCUT2D eigenvalue weighted by atomic mass is 10.1.